The Morgan fingerprint density at radius 2 is 1.14 bits per heavy atom. The highest BCUT2D eigenvalue weighted by molar-refractivity contribution is 6.04. The first-order chi connectivity index (χ1) is 6.91. The van der Waals surface area contributed by atoms with Crippen molar-refractivity contribution in [2.75, 3.05) is 6.54 Å². The van der Waals surface area contributed by atoms with Gasteiger partial charge in [-0.15, -0.1) is 0 Å². The Morgan fingerprint density at radius 3 is 1.57 bits per heavy atom. The van der Waals surface area contributed by atoms with E-state index < -0.39 is 0 Å². The van der Waals surface area contributed by atoms with E-state index in [9.17, 15) is 0 Å². The van der Waals surface area contributed by atoms with Crippen molar-refractivity contribution < 1.29 is 0 Å². The Morgan fingerprint density at radius 1 is 0.714 bits per heavy atom. The fourth-order valence-electron chi connectivity index (χ4n) is 1.79. The topological polar surface area (TPSA) is 12.0 Å². The van der Waals surface area contributed by atoms with Crippen molar-refractivity contribution in [2.45, 2.75) is 71.1 Å². The minimum absolute atomic E-state index is 1.16. The van der Waals surface area contributed by atoms with Gasteiger partial charge in [0, 0.05) is 0 Å². The molecule has 0 aliphatic heterocycles. The molecule has 0 atom stereocenters. The van der Waals surface area contributed by atoms with E-state index in [1.54, 1.807) is 0 Å². The maximum Gasteiger partial charge on any atom is 0.0749 e. The highest BCUT2D eigenvalue weighted by Gasteiger charge is 1.91. The van der Waals surface area contributed by atoms with E-state index in [2.05, 4.69) is 11.9 Å². The molecule has 1 nitrogen and oxygen atoms in total. The molecule has 0 saturated carbocycles. The van der Waals surface area contributed by atoms with Crippen molar-refractivity contribution in [2.24, 2.45) is 0 Å². The molecule has 0 aliphatic rings. The molecule has 2 heteroatoms. The van der Waals surface area contributed by atoms with E-state index in [1.165, 1.54) is 70.8 Å². The third kappa shape index (κ3) is 12.2. The van der Waals surface area contributed by atoms with Gasteiger partial charge in [-0.25, -0.2) is 0 Å². The first kappa shape index (κ1) is 14.2. The lowest BCUT2D eigenvalue weighted by Crippen LogP contribution is -2.09. The molecule has 0 aromatic heterocycles. The van der Waals surface area contributed by atoms with Crippen LogP contribution in [0.2, 0.25) is 0 Å². The van der Waals surface area contributed by atoms with Gasteiger partial charge in [0.05, 0.1) is 10.4 Å². The molecule has 14 heavy (non-hydrogen) atoms. The van der Waals surface area contributed by atoms with Gasteiger partial charge in [-0.05, 0) is 13.0 Å². The molecule has 0 heterocycles. The van der Waals surface area contributed by atoms with E-state index in [0.29, 0.717) is 0 Å². The Bertz CT molecular complexity index is 84.3. The van der Waals surface area contributed by atoms with Crippen LogP contribution in [0.25, 0.3) is 0 Å². The molecule has 1 N–H and O–H groups in total. The zero-order valence-electron chi connectivity index (χ0n) is 10.3. The molecule has 0 radical (unpaired) electrons. The van der Waals surface area contributed by atoms with Gasteiger partial charge < -0.3 is 4.98 Å². The van der Waals surface area contributed by atoms with Gasteiger partial charge in [0.15, 0.2) is 0 Å². The Balaban J connectivity index is 2.78. The van der Waals surface area contributed by atoms with Crippen molar-refractivity contribution in [1.82, 2.24) is 4.98 Å². The lowest BCUT2D eigenvalue weighted by molar-refractivity contribution is 0.556. The minimum Gasteiger partial charge on any atom is -0.345 e. The van der Waals surface area contributed by atoms with Gasteiger partial charge in [0.1, 0.15) is 0 Å². The summed E-state index contributed by atoms with van der Waals surface area (Å²) in [5, 5.41) is 0. The first-order valence-electron chi connectivity index (χ1n) is 6.56. The molecule has 0 unspecified atom stereocenters. The third-order valence-corrected chi connectivity index (χ3v) is 3.28. The number of rotatable bonds is 11. The number of unbranched alkanes of at least 4 members (excludes halogenated alkanes) is 9. The summed E-state index contributed by atoms with van der Waals surface area (Å²) in [6, 6.07) is 0. The van der Waals surface area contributed by atoms with Crippen LogP contribution in [0.1, 0.15) is 71.1 Å². The molecule has 0 bridgehead atoms. The lowest BCUT2D eigenvalue weighted by Gasteiger charge is -2.01. The molecule has 0 amide bonds. The summed E-state index contributed by atoms with van der Waals surface area (Å²) in [5.41, 5.74) is 0. The molecular formula is C12H29NSi. The average molecular weight is 215 g/mol. The summed E-state index contributed by atoms with van der Waals surface area (Å²) >= 11 is 0. The van der Waals surface area contributed by atoms with Crippen molar-refractivity contribution in [3.63, 3.8) is 0 Å². The summed E-state index contributed by atoms with van der Waals surface area (Å²) in [5.74, 6) is 0. The van der Waals surface area contributed by atoms with Crippen molar-refractivity contribution in [1.29, 1.82) is 0 Å². The van der Waals surface area contributed by atoms with Crippen LogP contribution >= 0.6 is 0 Å². The predicted molar refractivity (Wildman–Crippen MR) is 69.8 cm³/mol. The quantitative estimate of drug-likeness (QED) is 0.413. The number of hydrogen-bond donors (Lipinski definition) is 1. The van der Waals surface area contributed by atoms with E-state index in [4.69, 9.17) is 0 Å². The van der Waals surface area contributed by atoms with Gasteiger partial charge in [0.2, 0.25) is 0 Å². The highest BCUT2D eigenvalue weighted by Crippen LogP contribution is 2.09. The predicted octanol–water partition coefficient (Wildman–Crippen LogP) is 2.78. The third-order valence-electron chi connectivity index (χ3n) is 2.78. The van der Waals surface area contributed by atoms with E-state index >= 15 is 0 Å². The smallest absolute Gasteiger partial charge is 0.0749 e. The normalized spacial score (nSPS) is 10.9. The SMILES string of the molecule is CCCCCCCCCCCCN[SiH3]. The molecule has 0 aromatic carbocycles. The zero-order valence-corrected chi connectivity index (χ0v) is 12.3. The highest BCUT2D eigenvalue weighted by atomic mass is 28.2. The van der Waals surface area contributed by atoms with Crippen LogP contribution in [0, 0.1) is 0 Å². The fourth-order valence-corrected chi connectivity index (χ4v) is 2.14. The second-order valence-corrected chi connectivity index (χ2v) is 4.99. The molecule has 0 fully saturated rings. The number of nitrogens with one attached hydrogen (secondary N) is 1. The maximum atomic E-state index is 3.33. The van der Waals surface area contributed by atoms with Gasteiger partial charge in [-0.3, -0.25) is 0 Å². The summed E-state index contributed by atoms with van der Waals surface area (Å²) < 4.78 is 0. The van der Waals surface area contributed by atoms with Crippen LogP contribution in [0.5, 0.6) is 0 Å². The Labute approximate surface area is 93.6 Å². The van der Waals surface area contributed by atoms with Crippen LogP contribution in [0.15, 0.2) is 0 Å². The molecular weight excluding hydrogens is 186 g/mol. The second kappa shape index (κ2) is 13.2. The molecule has 0 spiro atoms. The van der Waals surface area contributed by atoms with E-state index in [1.807, 2.05) is 0 Å². The summed E-state index contributed by atoms with van der Waals surface area (Å²) in [6.07, 6.45) is 14.4. The lowest BCUT2D eigenvalue weighted by atomic mass is 10.1. The van der Waals surface area contributed by atoms with Gasteiger partial charge in [-0.2, -0.15) is 0 Å². The minimum atomic E-state index is 1.16. The van der Waals surface area contributed by atoms with E-state index in [0.717, 1.165) is 10.4 Å². The second-order valence-electron chi connectivity index (χ2n) is 4.29. The van der Waals surface area contributed by atoms with Crippen LogP contribution < -0.4 is 4.98 Å². The van der Waals surface area contributed by atoms with Crippen LogP contribution in [0.3, 0.4) is 0 Å². The van der Waals surface area contributed by atoms with Crippen molar-refractivity contribution >= 4 is 10.4 Å². The average Bonchev–Trinajstić information content (AvgIpc) is 2.21. The van der Waals surface area contributed by atoms with Crippen LogP contribution in [-0.4, -0.2) is 16.9 Å². The van der Waals surface area contributed by atoms with Crippen LogP contribution in [0.4, 0.5) is 0 Å². The van der Waals surface area contributed by atoms with Crippen molar-refractivity contribution in [3.8, 4) is 0 Å². The standard InChI is InChI=1S/C12H29NSi/c1-2-3-4-5-6-7-8-9-10-11-12-13-14/h13H,2-12H2,1,14H3. The fraction of sp³-hybridized carbons (Fsp3) is 1.00. The zero-order chi connectivity index (χ0) is 10.5. The molecule has 0 aliphatic carbocycles. The molecule has 0 saturated heterocycles. The summed E-state index contributed by atoms with van der Waals surface area (Å²) in [6.45, 7) is 3.54. The largest absolute Gasteiger partial charge is 0.345 e. The molecule has 86 valence electrons. The van der Waals surface area contributed by atoms with E-state index in [-0.39, 0.29) is 0 Å². The van der Waals surface area contributed by atoms with Gasteiger partial charge in [-0.1, -0.05) is 64.7 Å². The van der Waals surface area contributed by atoms with Gasteiger partial charge in [0.25, 0.3) is 0 Å². The Hall–Kier alpha value is 0.177. The van der Waals surface area contributed by atoms with Crippen molar-refractivity contribution in [3.05, 3.63) is 0 Å². The number of hydrogen-bond acceptors (Lipinski definition) is 1. The Kier molecular flexibility index (Phi) is 13.3. The summed E-state index contributed by atoms with van der Waals surface area (Å²) in [4.78, 5) is 3.33. The first-order valence-corrected chi connectivity index (χ1v) is 7.56. The molecule has 0 aromatic rings. The van der Waals surface area contributed by atoms with Gasteiger partial charge >= 0.3 is 0 Å². The summed E-state index contributed by atoms with van der Waals surface area (Å²) in [7, 11) is 1.16. The molecule has 0 rings (SSSR count). The van der Waals surface area contributed by atoms with Crippen LogP contribution in [-0.2, 0) is 0 Å². The monoisotopic (exact) mass is 215 g/mol. The maximum absolute atomic E-state index is 3.33.